The van der Waals surface area contributed by atoms with E-state index in [0.29, 0.717) is 19.6 Å². The maximum absolute atomic E-state index is 11.5. The van der Waals surface area contributed by atoms with Crippen LogP contribution in [0.25, 0.3) is 0 Å². The molecule has 0 bridgehead atoms. The standard InChI is InChI=1S/C14H21N3O4S/c1-11(13-4-3-5-14(8-13)17(18)19)15-9-12-6-7-16(10-12)22(2,20)21/h3-5,8,11-12,15H,6-7,9-10H2,1-2H3/t11-,12-/m0/s1. The van der Waals surface area contributed by atoms with E-state index in [1.807, 2.05) is 13.0 Å². The van der Waals surface area contributed by atoms with Crippen molar-refractivity contribution < 1.29 is 13.3 Å². The molecule has 0 saturated carbocycles. The van der Waals surface area contributed by atoms with Crippen molar-refractivity contribution in [3.63, 3.8) is 0 Å². The first-order valence-electron chi connectivity index (χ1n) is 7.20. The third kappa shape index (κ3) is 4.25. The molecule has 1 heterocycles. The highest BCUT2D eigenvalue weighted by Crippen LogP contribution is 2.21. The summed E-state index contributed by atoms with van der Waals surface area (Å²) in [5.41, 5.74) is 0.933. The molecule has 22 heavy (non-hydrogen) atoms. The van der Waals surface area contributed by atoms with E-state index in [2.05, 4.69) is 5.32 Å². The van der Waals surface area contributed by atoms with E-state index in [9.17, 15) is 18.5 Å². The van der Waals surface area contributed by atoms with E-state index < -0.39 is 14.9 Å². The van der Waals surface area contributed by atoms with E-state index in [1.165, 1.54) is 16.6 Å². The normalized spacial score (nSPS) is 20.9. The van der Waals surface area contributed by atoms with Crippen LogP contribution in [-0.4, -0.2) is 43.5 Å². The predicted octanol–water partition coefficient (Wildman–Crippen LogP) is 1.53. The van der Waals surface area contributed by atoms with Crippen molar-refractivity contribution in [2.24, 2.45) is 5.92 Å². The third-order valence-corrected chi connectivity index (χ3v) is 5.28. The van der Waals surface area contributed by atoms with Crippen molar-refractivity contribution in [2.45, 2.75) is 19.4 Å². The molecule has 0 amide bonds. The largest absolute Gasteiger partial charge is 0.310 e. The molecule has 1 N–H and O–H groups in total. The smallest absolute Gasteiger partial charge is 0.269 e. The minimum absolute atomic E-state index is 0.0211. The van der Waals surface area contributed by atoms with Crippen LogP contribution in [0.15, 0.2) is 24.3 Å². The lowest BCUT2D eigenvalue weighted by molar-refractivity contribution is -0.384. The molecule has 0 unspecified atom stereocenters. The predicted molar refractivity (Wildman–Crippen MR) is 84.0 cm³/mol. The number of hydrogen-bond donors (Lipinski definition) is 1. The number of sulfonamides is 1. The second-order valence-corrected chi connectivity index (χ2v) is 7.74. The minimum Gasteiger partial charge on any atom is -0.310 e. The Hall–Kier alpha value is -1.51. The Morgan fingerprint density at radius 2 is 2.23 bits per heavy atom. The quantitative estimate of drug-likeness (QED) is 0.632. The number of rotatable bonds is 6. The molecular weight excluding hydrogens is 306 g/mol. The van der Waals surface area contributed by atoms with Gasteiger partial charge in [0.2, 0.25) is 10.0 Å². The minimum atomic E-state index is -3.11. The van der Waals surface area contributed by atoms with Crippen molar-refractivity contribution in [3.05, 3.63) is 39.9 Å². The second kappa shape index (κ2) is 6.72. The van der Waals surface area contributed by atoms with Crippen molar-refractivity contribution in [2.75, 3.05) is 25.9 Å². The van der Waals surface area contributed by atoms with Gasteiger partial charge in [-0.1, -0.05) is 12.1 Å². The lowest BCUT2D eigenvalue weighted by Crippen LogP contribution is -2.31. The Morgan fingerprint density at radius 3 is 2.82 bits per heavy atom. The van der Waals surface area contributed by atoms with Gasteiger partial charge < -0.3 is 5.32 Å². The van der Waals surface area contributed by atoms with E-state index in [1.54, 1.807) is 12.1 Å². The molecule has 1 aliphatic rings. The van der Waals surface area contributed by atoms with Crippen LogP contribution in [0.4, 0.5) is 5.69 Å². The lowest BCUT2D eigenvalue weighted by atomic mass is 10.1. The molecule has 122 valence electrons. The number of nitro groups is 1. The van der Waals surface area contributed by atoms with Crippen LogP contribution in [0, 0.1) is 16.0 Å². The van der Waals surface area contributed by atoms with E-state index in [-0.39, 0.29) is 17.6 Å². The molecular formula is C14H21N3O4S. The van der Waals surface area contributed by atoms with Gasteiger partial charge in [-0.2, -0.15) is 0 Å². The number of nitro benzene ring substituents is 1. The highest BCUT2D eigenvalue weighted by molar-refractivity contribution is 7.88. The molecule has 0 radical (unpaired) electrons. The van der Waals surface area contributed by atoms with Gasteiger partial charge in [0.1, 0.15) is 0 Å². The van der Waals surface area contributed by atoms with E-state index >= 15 is 0 Å². The summed E-state index contributed by atoms with van der Waals surface area (Å²) in [6.07, 6.45) is 2.07. The number of benzene rings is 1. The molecule has 0 spiro atoms. The second-order valence-electron chi connectivity index (χ2n) is 5.76. The molecule has 1 fully saturated rings. The van der Waals surface area contributed by atoms with Crippen LogP contribution in [-0.2, 0) is 10.0 Å². The number of hydrogen-bond acceptors (Lipinski definition) is 5. The van der Waals surface area contributed by atoms with Gasteiger partial charge in [0.15, 0.2) is 0 Å². The molecule has 1 aromatic rings. The summed E-state index contributed by atoms with van der Waals surface area (Å²) in [5.74, 6) is 0.274. The number of nitrogens with one attached hydrogen (secondary N) is 1. The first kappa shape index (κ1) is 16.9. The average Bonchev–Trinajstić information content (AvgIpc) is 2.94. The van der Waals surface area contributed by atoms with Gasteiger partial charge >= 0.3 is 0 Å². The van der Waals surface area contributed by atoms with Crippen LogP contribution in [0.1, 0.15) is 24.9 Å². The summed E-state index contributed by atoms with van der Waals surface area (Å²) in [5, 5.41) is 14.1. The Kier molecular flexibility index (Phi) is 5.15. The van der Waals surface area contributed by atoms with Crippen LogP contribution in [0.3, 0.4) is 0 Å². The van der Waals surface area contributed by atoms with Gasteiger partial charge in [-0.25, -0.2) is 12.7 Å². The zero-order valence-electron chi connectivity index (χ0n) is 12.7. The Bertz CT molecular complexity index is 647. The maximum atomic E-state index is 11.5. The molecule has 2 atom stereocenters. The van der Waals surface area contributed by atoms with Gasteiger partial charge in [0, 0.05) is 31.3 Å². The molecule has 2 rings (SSSR count). The van der Waals surface area contributed by atoms with E-state index in [0.717, 1.165) is 12.0 Å². The summed E-state index contributed by atoms with van der Waals surface area (Å²) in [4.78, 5) is 10.4. The molecule has 1 aliphatic heterocycles. The fraction of sp³-hybridized carbons (Fsp3) is 0.571. The first-order valence-corrected chi connectivity index (χ1v) is 9.05. The van der Waals surface area contributed by atoms with Crippen molar-refractivity contribution in [1.82, 2.24) is 9.62 Å². The van der Waals surface area contributed by atoms with Gasteiger partial charge in [-0.05, 0) is 31.4 Å². The summed E-state index contributed by atoms with van der Waals surface area (Å²) in [7, 11) is -3.11. The zero-order chi connectivity index (χ0) is 16.3. The Morgan fingerprint density at radius 1 is 1.50 bits per heavy atom. The molecule has 1 aromatic carbocycles. The van der Waals surface area contributed by atoms with Crippen molar-refractivity contribution >= 4 is 15.7 Å². The highest BCUT2D eigenvalue weighted by Gasteiger charge is 2.28. The summed E-state index contributed by atoms with van der Waals surface area (Å²) in [6, 6.07) is 6.54. The maximum Gasteiger partial charge on any atom is 0.269 e. The van der Waals surface area contributed by atoms with Crippen LogP contribution in [0.5, 0.6) is 0 Å². The molecule has 0 aliphatic carbocycles. The summed E-state index contributed by atoms with van der Waals surface area (Å²) >= 11 is 0. The highest BCUT2D eigenvalue weighted by atomic mass is 32.2. The van der Waals surface area contributed by atoms with Crippen LogP contribution < -0.4 is 5.32 Å². The average molecular weight is 327 g/mol. The summed E-state index contributed by atoms with van der Waals surface area (Å²) < 4.78 is 24.5. The van der Waals surface area contributed by atoms with Gasteiger partial charge in [-0.3, -0.25) is 10.1 Å². The number of nitrogens with zero attached hydrogens (tertiary/aromatic N) is 2. The van der Waals surface area contributed by atoms with Crippen LogP contribution in [0.2, 0.25) is 0 Å². The zero-order valence-corrected chi connectivity index (χ0v) is 13.5. The van der Waals surface area contributed by atoms with Gasteiger partial charge in [0.25, 0.3) is 5.69 Å². The lowest BCUT2D eigenvalue weighted by Gasteiger charge is -2.18. The van der Waals surface area contributed by atoms with Crippen molar-refractivity contribution in [3.8, 4) is 0 Å². The number of non-ortho nitro benzene ring substituents is 1. The van der Waals surface area contributed by atoms with Gasteiger partial charge in [-0.15, -0.1) is 0 Å². The topological polar surface area (TPSA) is 92.6 Å². The molecule has 1 saturated heterocycles. The van der Waals surface area contributed by atoms with Crippen molar-refractivity contribution in [1.29, 1.82) is 0 Å². The Labute approximate surface area is 130 Å². The van der Waals surface area contributed by atoms with E-state index in [4.69, 9.17) is 0 Å². The first-order chi connectivity index (χ1) is 10.3. The fourth-order valence-corrected chi connectivity index (χ4v) is 3.55. The third-order valence-electron chi connectivity index (χ3n) is 4.01. The Balaban J connectivity index is 1.90. The van der Waals surface area contributed by atoms with Gasteiger partial charge in [0.05, 0.1) is 11.2 Å². The monoisotopic (exact) mass is 327 g/mol. The van der Waals surface area contributed by atoms with Crippen LogP contribution >= 0.6 is 0 Å². The molecule has 0 aromatic heterocycles. The SMILES string of the molecule is C[C@H](NC[C@@H]1CCN(S(C)(=O)=O)C1)c1cccc([N+](=O)[O-])c1. The fourth-order valence-electron chi connectivity index (χ4n) is 2.63. The summed E-state index contributed by atoms with van der Waals surface area (Å²) in [6.45, 7) is 3.74. The molecule has 8 heteroatoms. The molecule has 7 nitrogen and oxygen atoms in total.